The number of halogens is 2. The molecule has 1 aliphatic rings. The minimum atomic E-state index is -3.76. The van der Waals surface area contributed by atoms with Crippen LogP contribution in [0.25, 0.3) is 0 Å². The molecule has 0 atom stereocenters. The number of benzene rings is 1. The molecule has 3 rings (SSSR count). The Kier molecular flexibility index (Phi) is 4.80. The van der Waals surface area contributed by atoms with Gasteiger partial charge in [-0.15, -0.1) is 8.78 Å². The summed E-state index contributed by atoms with van der Waals surface area (Å²) in [6, 6.07) is 3.79. The average Bonchev–Trinajstić information content (AvgIpc) is 3.08. The molecular weight excluding hydrogens is 378 g/mol. The fourth-order valence-corrected chi connectivity index (χ4v) is 2.91. The van der Waals surface area contributed by atoms with Gasteiger partial charge in [0.05, 0.1) is 24.8 Å². The quantitative estimate of drug-likeness (QED) is 0.597. The van der Waals surface area contributed by atoms with Gasteiger partial charge in [-0.2, -0.15) is 0 Å². The highest BCUT2D eigenvalue weighted by Crippen LogP contribution is 2.42. The molecule has 0 spiro atoms. The van der Waals surface area contributed by atoms with Gasteiger partial charge in [0.25, 0.3) is 0 Å². The van der Waals surface area contributed by atoms with Crippen LogP contribution in [0.4, 0.5) is 14.5 Å². The number of nitrogens with one attached hydrogen (secondary N) is 2. The summed E-state index contributed by atoms with van der Waals surface area (Å²) in [5.41, 5.74) is 1.09. The summed E-state index contributed by atoms with van der Waals surface area (Å²) in [5.74, 6) is -1.90. The summed E-state index contributed by atoms with van der Waals surface area (Å²) in [4.78, 5) is 38.9. The van der Waals surface area contributed by atoms with Gasteiger partial charge in [-0.1, -0.05) is 0 Å². The van der Waals surface area contributed by atoms with Crippen molar-refractivity contribution in [3.63, 3.8) is 0 Å². The topological polar surface area (TPSA) is 107 Å². The summed E-state index contributed by atoms with van der Waals surface area (Å²) in [6.07, 6.45) is -4.03. The van der Waals surface area contributed by atoms with E-state index >= 15 is 0 Å². The molecule has 0 bridgehead atoms. The van der Waals surface area contributed by atoms with E-state index in [9.17, 15) is 23.2 Å². The third-order valence-corrected chi connectivity index (χ3v) is 4.09. The molecule has 28 heavy (non-hydrogen) atoms. The highest BCUT2D eigenvalue weighted by molar-refractivity contribution is 6.02. The smallest absolute Gasteiger partial charge is 0.465 e. The largest absolute Gasteiger partial charge is 0.586 e. The number of methoxy groups -OCH3 is 1. The zero-order valence-electron chi connectivity index (χ0n) is 15.1. The number of fused-ring (bicyclic) bond motifs is 1. The lowest BCUT2D eigenvalue weighted by atomic mass is 10.1. The summed E-state index contributed by atoms with van der Waals surface area (Å²) in [6.45, 7) is 2.89. The Bertz CT molecular complexity index is 983. The first-order valence-corrected chi connectivity index (χ1v) is 8.11. The number of carbonyl (C=O) groups is 3. The molecule has 2 heterocycles. The van der Waals surface area contributed by atoms with E-state index in [1.165, 1.54) is 32.2 Å². The van der Waals surface area contributed by atoms with Gasteiger partial charge in [0.2, 0.25) is 5.91 Å². The summed E-state index contributed by atoms with van der Waals surface area (Å²) >= 11 is 0. The zero-order chi connectivity index (χ0) is 20.6. The number of hydrogen-bond acceptors (Lipinski definition) is 6. The molecule has 0 saturated heterocycles. The van der Waals surface area contributed by atoms with Crippen molar-refractivity contribution >= 4 is 23.3 Å². The van der Waals surface area contributed by atoms with Gasteiger partial charge in [-0.25, -0.2) is 4.79 Å². The molecule has 8 nitrogen and oxygen atoms in total. The molecule has 0 aliphatic carbocycles. The van der Waals surface area contributed by atoms with Gasteiger partial charge in [0.15, 0.2) is 17.3 Å². The molecule has 1 amide bonds. The highest BCUT2D eigenvalue weighted by Gasteiger charge is 2.43. The van der Waals surface area contributed by atoms with Crippen LogP contribution in [-0.4, -0.2) is 36.0 Å². The van der Waals surface area contributed by atoms with Crippen molar-refractivity contribution in [1.29, 1.82) is 0 Å². The lowest BCUT2D eigenvalue weighted by Crippen LogP contribution is -2.25. The lowest BCUT2D eigenvalue weighted by molar-refractivity contribution is -0.286. The molecular formula is C18H16F2N2O6. The molecule has 0 unspecified atom stereocenters. The maximum Gasteiger partial charge on any atom is 0.586 e. The fraction of sp³-hybridized carbons (Fsp3) is 0.278. The number of alkyl halides is 2. The van der Waals surface area contributed by atoms with Crippen LogP contribution in [0.1, 0.15) is 39.0 Å². The predicted molar refractivity (Wildman–Crippen MR) is 91.9 cm³/mol. The van der Waals surface area contributed by atoms with Crippen LogP contribution >= 0.6 is 0 Å². The van der Waals surface area contributed by atoms with Gasteiger partial charge < -0.3 is 24.5 Å². The van der Waals surface area contributed by atoms with Crippen LogP contribution in [0.15, 0.2) is 18.2 Å². The normalized spacial score (nSPS) is 13.9. The Morgan fingerprint density at radius 2 is 1.89 bits per heavy atom. The number of ketones is 1. The van der Waals surface area contributed by atoms with E-state index in [2.05, 4.69) is 19.8 Å². The van der Waals surface area contributed by atoms with Gasteiger partial charge >= 0.3 is 12.3 Å². The summed E-state index contributed by atoms with van der Waals surface area (Å²) < 4.78 is 39.5. The first kappa shape index (κ1) is 19.3. The maximum absolute atomic E-state index is 13.1. The maximum atomic E-state index is 13.1. The lowest BCUT2D eigenvalue weighted by Gasteiger charge is -2.07. The molecule has 0 fully saturated rings. The first-order chi connectivity index (χ1) is 13.1. The number of anilines is 1. The fourth-order valence-electron chi connectivity index (χ4n) is 2.91. The number of hydrogen-bond donors (Lipinski definition) is 2. The van der Waals surface area contributed by atoms with Crippen LogP contribution in [0, 0.1) is 6.92 Å². The van der Waals surface area contributed by atoms with Gasteiger partial charge in [0, 0.05) is 24.4 Å². The second kappa shape index (κ2) is 6.95. The Hall–Kier alpha value is -3.43. The third-order valence-electron chi connectivity index (χ3n) is 4.09. The van der Waals surface area contributed by atoms with E-state index in [0.717, 1.165) is 0 Å². The Morgan fingerprint density at radius 1 is 1.21 bits per heavy atom. The Morgan fingerprint density at radius 3 is 2.54 bits per heavy atom. The Labute approximate surface area is 157 Å². The molecule has 0 radical (unpaired) electrons. The molecule has 1 aliphatic heterocycles. The van der Waals surface area contributed by atoms with Crippen molar-refractivity contribution in [3.8, 4) is 11.5 Å². The van der Waals surface area contributed by atoms with Crippen LogP contribution in [0.2, 0.25) is 0 Å². The molecule has 148 valence electrons. The van der Waals surface area contributed by atoms with E-state index in [1.54, 1.807) is 6.92 Å². The highest BCUT2D eigenvalue weighted by atomic mass is 19.3. The van der Waals surface area contributed by atoms with Crippen LogP contribution in [0.5, 0.6) is 11.5 Å². The second-order valence-electron chi connectivity index (χ2n) is 6.08. The average molecular weight is 394 g/mol. The molecule has 1 aromatic carbocycles. The number of aromatic nitrogens is 1. The first-order valence-electron chi connectivity index (χ1n) is 8.11. The van der Waals surface area contributed by atoms with Gasteiger partial charge in [-0.3, -0.25) is 9.59 Å². The van der Waals surface area contributed by atoms with Crippen molar-refractivity contribution in [1.82, 2.24) is 4.98 Å². The molecule has 1 aromatic heterocycles. The number of esters is 1. The summed E-state index contributed by atoms with van der Waals surface area (Å²) in [7, 11) is 1.19. The van der Waals surface area contributed by atoms with Crippen molar-refractivity contribution in [2.75, 3.05) is 12.4 Å². The minimum absolute atomic E-state index is 0.105. The van der Waals surface area contributed by atoms with Crippen molar-refractivity contribution in [3.05, 3.63) is 40.7 Å². The van der Waals surface area contributed by atoms with Crippen molar-refractivity contribution in [2.24, 2.45) is 0 Å². The number of carbonyl (C=O) groups excluding carboxylic acids is 3. The number of Topliss-reactive ketones (excluding diaryl/α,β-unsaturated/α-hetero) is 1. The zero-order valence-corrected chi connectivity index (χ0v) is 15.1. The van der Waals surface area contributed by atoms with Gasteiger partial charge in [-0.05, 0) is 24.6 Å². The second-order valence-corrected chi connectivity index (χ2v) is 6.08. The minimum Gasteiger partial charge on any atom is -0.465 e. The number of ether oxygens (including phenoxy) is 3. The van der Waals surface area contributed by atoms with E-state index in [0.29, 0.717) is 5.56 Å². The van der Waals surface area contributed by atoms with Crippen molar-refractivity contribution < 1.29 is 37.4 Å². The predicted octanol–water partition coefficient (Wildman–Crippen LogP) is 2.82. The van der Waals surface area contributed by atoms with E-state index in [1.807, 2.05) is 0 Å². The third kappa shape index (κ3) is 3.66. The molecule has 2 aromatic rings. The molecule has 2 N–H and O–H groups in total. The van der Waals surface area contributed by atoms with E-state index in [-0.39, 0.29) is 46.3 Å². The molecule has 0 saturated carbocycles. The van der Waals surface area contributed by atoms with Crippen molar-refractivity contribution in [2.45, 2.75) is 26.6 Å². The van der Waals surface area contributed by atoms with Crippen LogP contribution < -0.4 is 14.8 Å². The number of amides is 1. The van der Waals surface area contributed by atoms with E-state index in [4.69, 9.17) is 4.74 Å². The molecule has 10 heteroatoms. The number of aromatic amines is 1. The van der Waals surface area contributed by atoms with E-state index < -0.39 is 18.2 Å². The number of H-pyrrole nitrogens is 1. The monoisotopic (exact) mass is 394 g/mol. The summed E-state index contributed by atoms with van der Waals surface area (Å²) in [5, 5.41) is 2.51. The Balaban J connectivity index is 1.80. The standard InChI is InChI=1S/C18H16F2N2O6/c1-8-15(17(25)26-3)11(22-16(8)9(2)23)7-14(24)21-10-4-5-12-13(6-10)28-18(19,20)27-12/h4-6,22H,7H2,1-3H3,(H,21,24). The SMILES string of the molecule is COC(=O)c1c(CC(=O)Nc2ccc3c(c2)OC(F)(F)O3)[nH]c(C(C)=O)c1C. The van der Waals surface area contributed by atoms with Crippen LogP contribution in [0.3, 0.4) is 0 Å². The van der Waals surface area contributed by atoms with Crippen LogP contribution in [-0.2, 0) is 16.0 Å². The number of rotatable bonds is 5. The van der Waals surface area contributed by atoms with Gasteiger partial charge in [0.1, 0.15) is 0 Å².